The minimum atomic E-state index is -0.603. The lowest BCUT2D eigenvalue weighted by molar-refractivity contribution is -0.197. The molecule has 0 aliphatic carbocycles. The number of hydroxylamine groups is 2. The van der Waals surface area contributed by atoms with Crippen LogP contribution in [0, 0.1) is 0 Å². The fourth-order valence-electron chi connectivity index (χ4n) is 5.71. The normalized spacial score (nSPS) is 15.2. The minimum absolute atomic E-state index is 0.00173. The van der Waals surface area contributed by atoms with Crippen LogP contribution in [-0.2, 0) is 28.8 Å². The molecule has 1 unspecified atom stereocenters. The van der Waals surface area contributed by atoms with Crippen molar-refractivity contribution in [3.05, 3.63) is 54.6 Å². The van der Waals surface area contributed by atoms with Gasteiger partial charge in [-0.25, -0.2) is 14.8 Å². The van der Waals surface area contributed by atoms with Gasteiger partial charge in [0.1, 0.15) is 11.5 Å². The molecule has 0 radical (unpaired) electrons. The monoisotopic (exact) mass is 793 g/mol. The van der Waals surface area contributed by atoms with Crippen LogP contribution in [0.2, 0.25) is 0 Å². The number of ether oxygens (including phenoxy) is 2. The molecule has 55 heavy (non-hydrogen) atoms. The Kier molecular flexibility index (Phi) is 14.9. The van der Waals surface area contributed by atoms with Crippen LogP contribution in [0.15, 0.2) is 48.9 Å². The van der Waals surface area contributed by atoms with Crippen molar-refractivity contribution in [2.75, 3.05) is 48.0 Å². The molecule has 0 spiro atoms. The van der Waals surface area contributed by atoms with Crippen LogP contribution >= 0.6 is 21.6 Å². The lowest BCUT2D eigenvalue weighted by Gasteiger charge is -2.30. The van der Waals surface area contributed by atoms with E-state index in [-0.39, 0.29) is 47.4 Å². The number of carbonyl (C=O) groups is 5. The van der Waals surface area contributed by atoms with E-state index in [0.29, 0.717) is 74.2 Å². The van der Waals surface area contributed by atoms with Crippen molar-refractivity contribution in [3.8, 4) is 17.0 Å². The van der Waals surface area contributed by atoms with Crippen LogP contribution in [0.3, 0.4) is 0 Å². The summed E-state index contributed by atoms with van der Waals surface area (Å²) in [4.78, 5) is 81.3. The summed E-state index contributed by atoms with van der Waals surface area (Å²) >= 11 is 0. The molecule has 0 bridgehead atoms. The summed E-state index contributed by atoms with van der Waals surface area (Å²) in [5.41, 5.74) is 8.66. The summed E-state index contributed by atoms with van der Waals surface area (Å²) in [6.45, 7) is 8.55. The summed E-state index contributed by atoms with van der Waals surface area (Å²) in [6, 6.07) is 9.12. The zero-order chi connectivity index (χ0) is 39.4. The average molecular weight is 794 g/mol. The number of hydrogen-bond donors (Lipinski definition) is 2. The first-order valence-corrected chi connectivity index (χ1v) is 20.6. The molecular formula is C38H47N7O8S2. The smallest absolute Gasteiger partial charge is 0.333 e. The Balaban J connectivity index is 1.00. The third-order valence-electron chi connectivity index (χ3n) is 8.83. The first-order chi connectivity index (χ1) is 26.4. The minimum Gasteiger partial charge on any atom is -0.491 e. The molecule has 3 aromatic rings. The van der Waals surface area contributed by atoms with E-state index >= 15 is 0 Å². The molecule has 0 saturated carbocycles. The van der Waals surface area contributed by atoms with Crippen LogP contribution in [-0.4, -0.2) is 92.4 Å². The van der Waals surface area contributed by atoms with E-state index in [0.717, 1.165) is 23.4 Å². The highest BCUT2D eigenvalue weighted by molar-refractivity contribution is 8.77. The number of nitrogens with two attached hydrogens (primary N) is 1. The molecule has 2 aliphatic heterocycles. The highest BCUT2D eigenvalue weighted by Gasteiger charge is 2.33. The number of nitrogens with zero attached hydrogens (tertiary/aromatic N) is 5. The van der Waals surface area contributed by atoms with Crippen LogP contribution < -0.4 is 20.7 Å². The second-order valence-corrected chi connectivity index (χ2v) is 16.9. The predicted octanol–water partition coefficient (Wildman–Crippen LogP) is 5.65. The van der Waals surface area contributed by atoms with Gasteiger partial charge in [-0.2, -0.15) is 0 Å². The Labute approximate surface area is 328 Å². The molecule has 2 fully saturated rings. The van der Waals surface area contributed by atoms with Crippen molar-refractivity contribution in [1.82, 2.24) is 20.0 Å². The molecule has 2 aromatic heterocycles. The van der Waals surface area contributed by atoms with Crippen molar-refractivity contribution in [3.63, 3.8) is 0 Å². The molecule has 2 aliphatic rings. The van der Waals surface area contributed by atoms with Gasteiger partial charge in [0, 0.05) is 67.5 Å². The number of morpholine rings is 1. The van der Waals surface area contributed by atoms with E-state index in [1.165, 1.54) is 6.20 Å². The van der Waals surface area contributed by atoms with Gasteiger partial charge in [-0.3, -0.25) is 24.2 Å². The highest BCUT2D eigenvalue weighted by atomic mass is 33.1. The Bertz CT molecular complexity index is 1820. The number of nitrogens with one attached hydrogen (secondary N) is 1. The largest absolute Gasteiger partial charge is 0.491 e. The van der Waals surface area contributed by atoms with Crippen LogP contribution in [0.5, 0.6) is 5.75 Å². The number of benzene rings is 1. The summed E-state index contributed by atoms with van der Waals surface area (Å²) in [6.07, 6.45) is 7.53. The third kappa shape index (κ3) is 12.4. The number of carbonyl (C=O) groups excluding carboxylic acids is 5. The van der Waals surface area contributed by atoms with E-state index in [9.17, 15) is 24.0 Å². The van der Waals surface area contributed by atoms with Gasteiger partial charge in [0.15, 0.2) is 11.5 Å². The van der Waals surface area contributed by atoms with Crippen molar-refractivity contribution in [2.45, 2.75) is 83.0 Å². The molecule has 3 N–H and O–H groups in total. The number of Topliss-reactive ketones (excluding diaryl/α,β-unsaturated/α-hetero) is 1. The Morgan fingerprint density at radius 1 is 1.02 bits per heavy atom. The van der Waals surface area contributed by atoms with E-state index in [2.05, 4.69) is 25.2 Å². The predicted molar refractivity (Wildman–Crippen MR) is 211 cm³/mol. The molecule has 15 nitrogen and oxygen atoms in total. The number of imide groups is 1. The first-order valence-electron chi connectivity index (χ1n) is 18.2. The van der Waals surface area contributed by atoms with Crippen molar-refractivity contribution >= 4 is 68.3 Å². The van der Waals surface area contributed by atoms with Gasteiger partial charge in [-0.15, -0.1) is 5.06 Å². The molecule has 294 valence electrons. The summed E-state index contributed by atoms with van der Waals surface area (Å²) in [5, 5.41) is 3.47. The summed E-state index contributed by atoms with van der Waals surface area (Å²) in [7, 11) is 3.28. The molecule has 5 rings (SSSR count). The number of rotatable bonds is 19. The maximum Gasteiger partial charge on any atom is 0.333 e. The lowest BCUT2D eigenvalue weighted by atomic mass is 10.1. The maximum atomic E-state index is 13.3. The van der Waals surface area contributed by atoms with Crippen molar-refractivity contribution in [2.24, 2.45) is 0 Å². The SMILES string of the molecule is CC(CCC(=O)CCCSSC(C)(C)CCC(=O)ON1C(=O)CCC1=O)Oc1ccc(-c2cnc(N)c(C(=O)Nc3cnccc3N3CCOCC3)n2)cc1. The van der Waals surface area contributed by atoms with Gasteiger partial charge in [0.05, 0.1) is 48.8 Å². The van der Waals surface area contributed by atoms with Crippen molar-refractivity contribution in [1.29, 1.82) is 0 Å². The van der Waals surface area contributed by atoms with Crippen molar-refractivity contribution < 1.29 is 38.3 Å². The Hall–Kier alpha value is -4.74. The van der Waals surface area contributed by atoms with Gasteiger partial charge >= 0.3 is 5.97 Å². The fraction of sp³-hybridized carbons (Fsp3) is 0.474. The lowest BCUT2D eigenvalue weighted by Crippen LogP contribution is -2.36. The quantitative estimate of drug-likeness (QED) is 0.0857. The number of amides is 3. The topological polar surface area (TPSA) is 196 Å². The number of aromatic nitrogens is 3. The number of nitrogen functional groups attached to an aromatic ring is 1. The number of hydrogen-bond acceptors (Lipinski definition) is 15. The highest BCUT2D eigenvalue weighted by Crippen LogP contribution is 2.39. The fourth-order valence-corrected chi connectivity index (χ4v) is 8.37. The molecule has 4 heterocycles. The van der Waals surface area contributed by atoms with Gasteiger partial charge in [0.25, 0.3) is 17.7 Å². The Morgan fingerprint density at radius 3 is 2.47 bits per heavy atom. The second-order valence-electron chi connectivity index (χ2n) is 13.8. The molecule has 2 saturated heterocycles. The maximum absolute atomic E-state index is 13.3. The summed E-state index contributed by atoms with van der Waals surface area (Å²) in [5.74, 6) is -0.474. The third-order valence-corrected chi connectivity index (χ3v) is 12.3. The number of pyridine rings is 1. The second kappa shape index (κ2) is 19.7. The van der Waals surface area contributed by atoms with Crippen LogP contribution in [0.4, 0.5) is 17.2 Å². The van der Waals surface area contributed by atoms with Gasteiger partial charge in [0.2, 0.25) is 0 Å². The van der Waals surface area contributed by atoms with Gasteiger partial charge < -0.3 is 30.3 Å². The van der Waals surface area contributed by atoms with E-state index < -0.39 is 23.7 Å². The molecule has 3 amide bonds. The van der Waals surface area contributed by atoms with Crippen LogP contribution in [0.1, 0.15) is 82.6 Å². The zero-order valence-corrected chi connectivity index (χ0v) is 32.9. The molecule has 1 atom stereocenters. The van der Waals surface area contributed by atoms with E-state index in [1.54, 1.807) is 34.0 Å². The standard InChI is InChI=1S/C38H47N7O8S2/c1-25(6-9-27(46)5-4-22-54-55-38(2,3)16-14-34(49)53-45-32(47)12-13-33(45)48)52-28-10-7-26(8-11-28)29-24-41-36(39)35(42-29)37(50)43-30-23-40-17-15-31(30)44-18-20-51-21-19-44/h7-8,10-11,15,17,23-25H,4-6,9,12-14,16,18-22H2,1-3H3,(H2,39,41)(H,43,50). The van der Waals surface area contributed by atoms with Gasteiger partial charge in [-0.05, 0) is 70.4 Å². The zero-order valence-electron chi connectivity index (χ0n) is 31.3. The molecule has 1 aromatic carbocycles. The number of ketones is 1. The average Bonchev–Trinajstić information content (AvgIpc) is 3.49. The first kappa shape index (κ1) is 41.4. The Morgan fingerprint density at radius 2 is 1.75 bits per heavy atom. The van der Waals surface area contributed by atoms with Gasteiger partial charge in [-0.1, -0.05) is 21.6 Å². The molecular weight excluding hydrogens is 747 g/mol. The number of anilines is 3. The van der Waals surface area contributed by atoms with E-state index in [1.807, 2.05) is 51.1 Å². The molecule has 17 heteroatoms. The van der Waals surface area contributed by atoms with E-state index in [4.69, 9.17) is 20.0 Å². The summed E-state index contributed by atoms with van der Waals surface area (Å²) < 4.78 is 11.3. The van der Waals surface area contributed by atoms with Crippen LogP contribution in [0.25, 0.3) is 11.3 Å².